The number of carbonyl (C=O) groups excluding carboxylic acids is 3. The van der Waals surface area contributed by atoms with Gasteiger partial charge in [-0.1, -0.05) is 6.07 Å². The Hall–Kier alpha value is -2.41. The number of hydrogen-bond donors (Lipinski definition) is 1. The quantitative estimate of drug-likeness (QED) is 0.587. The van der Waals surface area contributed by atoms with Gasteiger partial charge in [0.2, 0.25) is 5.78 Å². The summed E-state index contributed by atoms with van der Waals surface area (Å²) in [6.45, 7) is 5.00. The number of aryl methyl sites for hydroxylation is 3. The summed E-state index contributed by atoms with van der Waals surface area (Å²) in [5, 5.41) is 2.36. The number of rotatable bonds is 6. The molecule has 1 aromatic heterocycles. The molecule has 0 unspecified atom stereocenters. The van der Waals surface area contributed by atoms with Gasteiger partial charge in [0.25, 0.3) is 5.91 Å². The van der Waals surface area contributed by atoms with Gasteiger partial charge in [0.15, 0.2) is 17.0 Å². The number of furan rings is 1. The zero-order chi connectivity index (χ0) is 18.6. The number of ether oxygens (including phenoxy) is 1. The lowest BCUT2D eigenvalue weighted by atomic mass is 9.98. The van der Waals surface area contributed by atoms with E-state index in [1.807, 2.05) is 26.8 Å². The molecule has 1 N–H and O–H groups in total. The summed E-state index contributed by atoms with van der Waals surface area (Å²) in [6.07, 6.45) is 0. The fraction of sp³-hybridized carbons (Fsp3) is 0.278. The summed E-state index contributed by atoms with van der Waals surface area (Å²) < 4.78 is 10.4. The molecule has 0 atom stereocenters. The van der Waals surface area contributed by atoms with Crippen molar-refractivity contribution >= 4 is 33.6 Å². The van der Waals surface area contributed by atoms with Crippen molar-refractivity contribution in [2.45, 2.75) is 20.8 Å². The number of halogens is 1. The summed E-state index contributed by atoms with van der Waals surface area (Å²) in [4.78, 5) is 35.6. The van der Waals surface area contributed by atoms with Crippen LogP contribution in [0.3, 0.4) is 0 Å². The molecule has 1 aromatic carbocycles. The van der Waals surface area contributed by atoms with E-state index in [0.29, 0.717) is 10.2 Å². The van der Waals surface area contributed by atoms with Crippen LogP contribution >= 0.6 is 15.9 Å². The van der Waals surface area contributed by atoms with Crippen molar-refractivity contribution in [1.82, 2.24) is 5.32 Å². The van der Waals surface area contributed by atoms with E-state index < -0.39 is 11.9 Å². The lowest BCUT2D eigenvalue weighted by molar-refractivity contribution is -0.141. The molecule has 0 spiro atoms. The van der Waals surface area contributed by atoms with Crippen molar-refractivity contribution in [2.75, 3.05) is 13.2 Å². The first-order valence-corrected chi connectivity index (χ1v) is 8.37. The molecular formula is C18H18BrNO5. The Balaban J connectivity index is 1.84. The lowest BCUT2D eigenvalue weighted by Gasteiger charge is -2.10. The second-order valence-corrected chi connectivity index (χ2v) is 6.40. The van der Waals surface area contributed by atoms with E-state index >= 15 is 0 Å². The Labute approximate surface area is 153 Å². The highest BCUT2D eigenvalue weighted by atomic mass is 79.9. The van der Waals surface area contributed by atoms with E-state index in [2.05, 4.69) is 21.2 Å². The monoisotopic (exact) mass is 407 g/mol. The van der Waals surface area contributed by atoms with E-state index in [0.717, 1.165) is 16.7 Å². The Kier molecular flexibility index (Phi) is 6.14. The van der Waals surface area contributed by atoms with Crippen molar-refractivity contribution in [3.05, 3.63) is 56.9 Å². The van der Waals surface area contributed by atoms with Crippen LogP contribution in [0.2, 0.25) is 0 Å². The Bertz CT molecular complexity index is 825. The minimum atomic E-state index is -0.700. The molecule has 1 heterocycles. The molecule has 0 aliphatic carbocycles. The fourth-order valence-corrected chi connectivity index (χ4v) is 2.52. The van der Waals surface area contributed by atoms with Crippen LogP contribution in [0, 0.1) is 20.8 Å². The minimum Gasteiger partial charge on any atom is -0.456 e. The number of carbonyl (C=O) groups is 3. The van der Waals surface area contributed by atoms with Gasteiger partial charge in [-0.05, 0) is 71.6 Å². The maximum Gasteiger partial charge on any atom is 0.325 e. The Morgan fingerprint density at radius 3 is 2.40 bits per heavy atom. The lowest BCUT2D eigenvalue weighted by Crippen LogP contribution is -2.31. The minimum absolute atomic E-state index is 0.0708. The average molecular weight is 408 g/mol. The number of Topliss-reactive ketones (excluding diaryl/α,β-unsaturated/α-hetero) is 1. The van der Waals surface area contributed by atoms with Gasteiger partial charge in [0.1, 0.15) is 6.54 Å². The molecule has 2 rings (SSSR count). The summed E-state index contributed by atoms with van der Waals surface area (Å²) in [5.74, 6) is -1.45. The Morgan fingerprint density at radius 1 is 1.08 bits per heavy atom. The summed E-state index contributed by atoms with van der Waals surface area (Å²) >= 11 is 3.08. The van der Waals surface area contributed by atoms with E-state index in [9.17, 15) is 14.4 Å². The van der Waals surface area contributed by atoms with Gasteiger partial charge >= 0.3 is 5.97 Å². The van der Waals surface area contributed by atoms with Crippen molar-refractivity contribution < 1.29 is 23.5 Å². The highest BCUT2D eigenvalue weighted by Gasteiger charge is 2.15. The van der Waals surface area contributed by atoms with Crippen LogP contribution in [-0.4, -0.2) is 30.8 Å². The molecule has 132 valence electrons. The zero-order valence-corrected chi connectivity index (χ0v) is 15.7. The van der Waals surface area contributed by atoms with Gasteiger partial charge < -0.3 is 14.5 Å². The van der Waals surface area contributed by atoms with Gasteiger partial charge in [-0.15, -0.1) is 0 Å². The second kappa shape index (κ2) is 8.11. The molecule has 2 aromatic rings. The van der Waals surface area contributed by atoms with E-state index in [4.69, 9.17) is 9.15 Å². The first-order chi connectivity index (χ1) is 11.8. The van der Waals surface area contributed by atoms with Crippen LogP contribution in [-0.2, 0) is 9.53 Å². The van der Waals surface area contributed by atoms with E-state index in [1.54, 1.807) is 12.1 Å². The number of hydrogen-bond acceptors (Lipinski definition) is 5. The molecule has 0 saturated heterocycles. The fourth-order valence-electron chi connectivity index (χ4n) is 2.21. The highest BCUT2D eigenvalue weighted by molar-refractivity contribution is 9.10. The number of nitrogens with one attached hydrogen (secondary N) is 1. The summed E-state index contributed by atoms with van der Waals surface area (Å²) in [5.41, 5.74) is 3.46. The van der Waals surface area contributed by atoms with Crippen molar-refractivity contribution in [2.24, 2.45) is 0 Å². The molecule has 0 bridgehead atoms. The molecule has 1 amide bonds. The molecular weight excluding hydrogens is 390 g/mol. The van der Waals surface area contributed by atoms with Crippen molar-refractivity contribution in [1.29, 1.82) is 0 Å². The predicted octanol–water partition coefficient (Wildman–Crippen LogP) is 3.12. The highest BCUT2D eigenvalue weighted by Crippen LogP contribution is 2.16. The van der Waals surface area contributed by atoms with Crippen molar-refractivity contribution in [3.8, 4) is 0 Å². The van der Waals surface area contributed by atoms with Crippen LogP contribution in [0.1, 0.15) is 37.6 Å². The zero-order valence-electron chi connectivity index (χ0n) is 14.1. The third-order valence-corrected chi connectivity index (χ3v) is 4.12. The predicted molar refractivity (Wildman–Crippen MR) is 94.7 cm³/mol. The summed E-state index contributed by atoms with van der Waals surface area (Å²) in [7, 11) is 0. The van der Waals surface area contributed by atoms with Crippen LogP contribution in [0.15, 0.2) is 33.4 Å². The van der Waals surface area contributed by atoms with Gasteiger partial charge in [-0.2, -0.15) is 0 Å². The first-order valence-electron chi connectivity index (χ1n) is 7.58. The molecule has 0 fully saturated rings. The number of ketones is 1. The van der Waals surface area contributed by atoms with Crippen molar-refractivity contribution in [3.63, 3.8) is 0 Å². The van der Waals surface area contributed by atoms with Gasteiger partial charge in [-0.25, -0.2) is 0 Å². The molecule has 0 radical (unpaired) electrons. The SMILES string of the molecule is Cc1cc(C)c(C(=O)COC(=O)CNC(=O)c2ccc(Br)o2)cc1C. The average Bonchev–Trinajstić information content (AvgIpc) is 3.00. The Morgan fingerprint density at radius 2 is 1.76 bits per heavy atom. The standard InChI is InChI=1S/C18H18BrNO5/c1-10-6-12(3)13(7-11(10)2)14(21)9-24-17(22)8-20-18(23)15-4-5-16(19)25-15/h4-7H,8-9H2,1-3H3,(H,20,23). The molecule has 25 heavy (non-hydrogen) atoms. The smallest absolute Gasteiger partial charge is 0.325 e. The van der Waals surface area contributed by atoms with Crippen LogP contribution < -0.4 is 5.32 Å². The molecule has 0 aliphatic heterocycles. The van der Waals surface area contributed by atoms with Crippen LogP contribution in [0.4, 0.5) is 0 Å². The second-order valence-electron chi connectivity index (χ2n) is 5.62. The van der Waals surface area contributed by atoms with E-state index in [1.165, 1.54) is 6.07 Å². The largest absolute Gasteiger partial charge is 0.456 e. The van der Waals surface area contributed by atoms with Crippen LogP contribution in [0.5, 0.6) is 0 Å². The number of amides is 1. The van der Waals surface area contributed by atoms with E-state index in [-0.39, 0.29) is 24.7 Å². The topological polar surface area (TPSA) is 85.6 Å². The first kappa shape index (κ1) is 18.9. The molecule has 6 nitrogen and oxygen atoms in total. The normalized spacial score (nSPS) is 10.4. The molecule has 0 aliphatic rings. The third-order valence-electron chi connectivity index (χ3n) is 3.70. The van der Waals surface area contributed by atoms with Gasteiger partial charge in [0.05, 0.1) is 0 Å². The van der Waals surface area contributed by atoms with Gasteiger partial charge in [-0.3, -0.25) is 14.4 Å². The van der Waals surface area contributed by atoms with Crippen LogP contribution in [0.25, 0.3) is 0 Å². The molecule has 7 heteroatoms. The number of esters is 1. The number of benzene rings is 1. The van der Waals surface area contributed by atoms with Gasteiger partial charge in [0, 0.05) is 5.56 Å². The maximum atomic E-state index is 12.2. The molecule has 0 saturated carbocycles. The maximum absolute atomic E-state index is 12.2. The third kappa shape index (κ3) is 5.03. The summed E-state index contributed by atoms with van der Waals surface area (Å²) in [6, 6.07) is 6.75.